The fourth-order valence-electron chi connectivity index (χ4n) is 2.13. The molecule has 2 nitrogen and oxygen atoms in total. The lowest BCUT2D eigenvalue weighted by Gasteiger charge is -2.30. The van der Waals surface area contributed by atoms with E-state index in [1.165, 1.54) is 0 Å². The predicted octanol–water partition coefficient (Wildman–Crippen LogP) is 3.69. The quantitative estimate of drug-likeness (QED) is 0.758. The van der Waals surface area contributed by atoms with Crippen LogP contribution in [0.25, 0.3) is 6.08 Å². The summed E-state index contributed by atoms with van der Waals surface area (Å²) < 4.78 is 5.71. The minimum atomic E-state index is -0.0198. The Morgan fingerprint density at radius 2 is 1.94 bits per heavy atom. The molecule has 2 heteroatoms. The molecule has 1 aromatic carbocycles. The molecule has 2 rings (SSSR count). The van der Waals surface area contributed by atoms with E-state index in [1.807, 2.05) is 30.4 Å². The Bertz CT molecular complexity index is 431. The molecule has 0 radical (unpaired) electrons. The SMILES string of the molecule is CC1CC(C)(C)N=C(/C=C/c2ccccc2)O1. The monoisotopic (exact) mass is 229 g/mol. The number of rotatable bonds is 2. The van der Waals surface area contributed by atoms with Gasteiger partial charge in [0.05, 0.1) is 11.6 Å². The summed E-state index contributed by atoms with van der Waals surface area (Å²) in [6, 6.07) is 10.2. The minimum absolute atomic E-state index is 0.0198. The Hall–Kier alpha value is -1.57. The molecular weight excluding hydrogens is 210 g/mol. The van der Waals surface area contributed by atoms with Crippen LogP contribution in [0.1, 0.15) is 32.8 Å². The minimum Gasteiger partial charge on any atom is -0.475 e. The third kappa shape index (κ3) is 3.45. The molecule has 0 amide bonds. The number of aliphatic imine (C=N–C) groups is 1. The smallest absolute Gasteiger partial charge is 0.209 e. The van der Waals surface area contributed by atoms with Crippen molar-refractivity contribution in [3.8, 4) is 0 Å². The molecule has 1 aliphatic rings. The highest BCUT2D eigenvalue weighted by molar-refractivity contribution is 5.92. The van der Waals surface area contributed by atoms with Crippen molar-refractivity contribution in [2.75, 3.05) is 0 Å². The number of nitrogens with zero attached hydrogens (tertiary/aromatic N) is 1. The number of hydrogen-bond acceptors (Lipinski definition) is 2. The van der Waals surface area contributed by atoms with Crippen molar-refractivity contribution in [3.05, 3.63) is 42.0 Å². The van der Waals surface area contributed by atoms with Gasteiger partial charge in [-0.3, -0.25) is 0 Å². The predicted molar refractivity (Wildman–Crippen MR) is 72.2 cm³/mol. The van der Waals surface area contributed by atoms with E-state index in [0.717, 1.165) is 17.9 Å². The van der Waals surface area contributed by atoms with E-state index in [0.29, 0.717) is 0 Å². The fraction of sp³-hybridized carbons (Fsp3) is 0.400. The molecule has 1 atom stereocenters. The van der Waals surface area contributed by atoms with Crippen molar-refractivity contribution in [1.29, 1.82) is 0 Å². The molecular formula is C15H19NO. The Balaban J connectivity index is 2.14. The lowest BCUT2D eigenvalue weighted by molar-refractivity contribution is 0.147. The zero-order valence-corrected chi connectivity index (χ0v) is 10.7. The highest BCUT2D eigenvalue weighted by atomic mass is 16.5. The zero-order chi connectivity index (χ0) is 12.3. The average molecular weight is 229 g/mol. The van der Waals surface area contributed by atoms with E-state index in [1.54, 1.807) is 0 Å². The largest absolute Gasteiger partial charge is 0.475 e. The van der Waals surface area contributed by atoms with Gasteiger partial charge in [-0.05, 0) is 32.4 Å². The molecule has 90 valence electrons. The van der Waals surface area contributed by atoms with Gasteiger partial charge in [-0.1, -0.05) is 30.3 Å². The molecule has 0 aliphatic carbocycles. The van der Waals surface area contributed by atoms with Gasteiger partial charge in [0.2, 0.25) is 5.90 Å². The van der Waals surface area contributed by atoms with Crippen molar-refractivity contribution >= 4 is 12.0 Å². The molecule has 0 saturated carbocycles. The molecule has 0 bridgehead atoms. The summed E-state index contributed by atoms with van der Waals surface area (Å²) >= 11 is 0. The normalized spacial score (nSPS) is 23.2. The van der Waals surface area contributed by atoms with Crippen LogP contribution in [0, 0.1) is 0 Å². The maximum atomic E-state index is 5.71. The van der Waals surface area contributed by atoms with Gasteiger partial charge in [0.15, 0.2) is 0 Å². The Kier molecular flexibility index (Phi) is 3.32. The molecule has 0 N–H and O–H groups in total. The Morgan fingerprint density at radius 3 is 2.59 bits per heavy atom. The number of hydrogen-bond donors (Lipinski definition) is 0. The average Bonchev–Trinajstić information content (AvgIpc) is 2.25. The van der Waals surface area contributed by atoms with E-state index >= 15 is 0 Å². The third-order valence-corrected chi connectivity index (χ3v) is 2.74. The summed E-state index contributed by atoms with van der Waals surface area (Å²) in [4.78, 5) is 4.59. The van der Waals surface area contributed by atoms with Crippen LogP contribution in [-0.2, 0) is 4.74 Å². The molecule has 0 aromatic heterocycles. The van der Waals surface area contributed by atoms with Gasteiger partial charge in [0, 0.05) is 12.5 Å². The lowest BCUT2D eigenvalue weighted by Crippen LogP contribution is -2.33. The van der Waals surface area contributed by atoms with Crippen LogP contribution in [0.3, 0.4) is 0 Å². The first kappa shape index (κ1) is 11.9. The van der Waals surface area contributed by atoms with Crippen molar-refractivity contribution in [2.45, 2.75) is 38.8 Å². The molecule has 1 unspecified atom stereocenters. The molecule has 17 heavy (non-hydrogen) atoms. The summed E-state index contributed by atoms with van der Waals surface area (Å²) in [6.45, 7) is 6.37. The highest BCUT2D eigenvalue weighted by Crippen LogP contribution is 2.24. The van der Waals surface area contributed by atoms with Crippen LogP contribution in [0.15, 0.2) is 41.4 Å². The van der Waals surface area contributed by atoms with Crippen molar-refractivity contribution < 1.29 is 4.74 Å². The molecule has 1 aliphatic heterocycles. The van der Waals surface area contributed by atoms with Gasteiger partial charge in [0.1, 0.15) is 0 Å². The van der Waals surface area contributed by atoms with E-state index in [4.69, 9.17) is 4.74 Å². The molecule has 0 spiro atoms. The second kappa shape index (κ2) is 4.74. The summed E-state index contributed by atoms with van der Waals surface area (Å²) in [6.07, 6.45) is 5.19. The first-order chi connectivity index (χ1) is 8.05. The molecule has 1 aromatic rings. The van der Waals surface area contributed by atoms with Crippen LogP contribution < -0.4 is 0 Å². The van der Waals surface area contributed by atoms with Crippen LogP contribution in [0.4, 0.5) is 0 Å². The van der Waals surface area contributed by atoms with Gasteiger partial charge in [-0.25, -0.2) is 4.99 Å². The van der Waals surface area contributed by atoms with E-state index < -0.39 is 0 Å². The van der Waals surface area contributed by atoms with Crippen LogP contribution in [-0.4, -0.2) is 17.5 Å². The fourth-order valence-corrected chi connectivity index (χ4v) is 2.13. The topological polar surface area (TPSA) is 21.6 Å². The summed E-state index contributed by atoms with van der Waals surface area (Å²) in [5.41, 5.74) is 1.14. The summed E-state index contributed by atoms with van der Waals surface area (Å²) in [5.74, 6) is 0.734. The van der Waals surface area contributed by atoms with Gasteiger partial charge >= 0.3 is 0 Å². The Morgan fingerprint density at radius 1 is 1.24 bits per heavy atom. The van der Waals surface area contributed by atoms with E-state index in [2.05, 4.69) is 37.9 Å². The number of ether oxygens (including phenoxy) is 1. The van der Waals surface area contributed by atoms with E-state index in [9.17, 15) is 0 Å². The molecule has 1 heterocycles. The van der Waals surface area contributed by atoms with Crippen molar-refractivity contribution in [3.63, 3.8) is 0 Å². The van der Waals surface area contributed by atoms with Gasteiger partial charge < -0.3 is 4.74 Å². The van der Waals surface area contributed by atoms with Crippen molar-refractivity contribution in [2.24, 2.45) is 4.99 Å². The van der Waals surface area contributed by atoms with Crippen LogP contribution >= 0.6 is 0 Å². The second-order valence-corrected chi connectivity index (χ2v) is 5.14. The van der Waals surface area contributed by atoms with Gasteiger partial charge in [-0.15, -0.1) is 0 Å². The van der Waals surface area contributed by atoms with Gasteiger partial charge in [-0.2, -0.15) is 0 Å². The second-order valence-electron chi connectivity index (χ2n) is 5.14. The van der Waals surface area contributed by atoms with E-state index in [-0.39, 0.29) is 11.6 Å². The first-order valence-electron chi connectivity index (χ1n) is 6.05. The molecule has 0 saturated heterocycles. The maximum absolute atomic E-state index is 5.71. The van der Waals surface area contributed by atoms with Crippen LogP contribution in [0.2, 0.25) is 0 Å². The number of benzene rings is 1. The summed E-state index contributed by atoms with van der Waals surface area (Å²) in [5, 5.41) is 0. The highest BCUT2D eigenvalue weighted by Gasteiger charge is 2.26. The summed E-state index contributed by atoms with van der Waals surface area (Å²) in [7, 11) is 0. The zero-order valence-electron chi connectivity index (χ0n) is 10.7. The van der Waals surface area contributed by atoms with Crippen LogP contribution in [0.5, 0.6) is 0 Å². The lowest BCUT2D eigenvalue weighted by atomic mass is 9.97. The maximum Gasteiger partial charge on any atom is 0.209 e. The molecule has 0 fully saturated rings. The standard InChI is InChI=1S/C15H19NO/c1-12-11-15(2,3)16-14(17-12)10-9-13-7-5-4-6-8-13/h4-10,12H,11H2,1-3H3/b10-9+. The Labute approximate surface area is 103 Å². The first-order valence-corrected chi connectivity index (χ1v) is 6.05. The van der Waals surface area contributed by atoms with Crippen molar-refractivity contribution in [1.82, 2.24) is 0 Å². The van der Waals surface area contributed by atoms with Gasteiger partial charge in [0.25, 0.3) is 0 Å². The third-order valence-electron chi connectivity index (χ3n) is 2.74.